The van der Waals surface area contributed by atoms with E-state index in [1.54, 1.807) is 6.07 Å². The highest BCUT2D eigenvalue weighted by Crippen LogP contribution is 2.54. The molecular weight excluding hydrogens is 796 g/mol. The summed E-state index contributed by atoms with van der Waals surface area (Å²) in [6.07, 6.45) is 6.76. The molecule has 10 aromatic carbocycles. The zero-order valence-electron chi connectivity index (χ0n) is 36.0. The first-order valence-corrected chi connectivity index (χ1v) is 22.2. The fourth-order valence-corrected chi connectivity index (χ4v) is 10.2. The standard InChI is InChI=1S/C61H43FN2O/c1-39-29-31-48-50(33-39)51-37-54-49-32-30-45(63(43-21-11-5-12-22-43)61-47(26-15-27-55(61)62)42-19-9-4-10-20-42)36-58(49)65-59-35-40(2)34-53(60(54)59)52(51)38-57(48)64(44-23-13-6-14-24-44)56-28-16-25-46(56)41-17-7-3-8-18-41/h3-38,56H,1-2H3. The van der Waals surface area contributed by atoms with Crippen LogP contribution in [0.3, 0.4) is 0 Å². The monoisotopic (exact) mass is 838 g/mol. The molecule has 1 aliphatic carbocycles. The van der Waals surface area contributed by atoms with Crippen LogP contribution in [0.2, 0.25) is 0 Å². The molecule has 1 aliphatic heterocycles. The average Bonchev–Trinajstić information content (AvgIpc) is 3.83. The van der Waals surface area contributed by atoms with Gasteiger partial charge in [0.05, 0.1) is 23.1 Å². The van der Waals surface area contributed by atoms with E-state index in [2.05, 4.69) is 158 Å². The largest absolute Gasteiger partial charge is 0.456 e. The molecule has 0 radical (unpaired) electrons. The third kappa shape index (κ3) is 6.48. The van der Waals surface area contributed by atoms with Gasteiger partial charge in [0.25, 0.3) is 0 Å². The molecule has 1 unspecified atom stereocenters. The number of benzene rings is 10. The van der Waals surface area contributed by atoms with Crippen molar-refractivity contribution in [2.24, 2.45) is 0 Å². The third-order valence-electron chi connectivity index (χ3n) is 13.0. The second-order valence-corrected chi connectivity index (χ2v) is 17.1. The molecule has 0 spiro atoms. The SMILES string of the molecule is Cc1ccc2c(N(c3ccccc3)C3C=CC=C3c3ccccc3)cc3c4cc(C)cc5c4c(cc3c2c1)-c1ccc(N(c2ccccc2)c2c(F)cccc2-c2ccccc2)cc1O5. The molecule has 0 amide bonds. The van der Waals surface area contributed by atoms with Gasteiger partial charge in [-0.25, -0.2) is 4.39 Å². The Morgan fingerprint density at radius 3 is 1.88 bits per heavy atom. The first-order valence-electron chi connectivity index (χ1n) is 22.2. The number of hydrogen-bond acceptors (Lipinski definition) is 3. The molecule has 4 heteroatoms. The highest BCUT2D eigenvalue weighted by atomic mass is 19.1. The molecule has 0 N–H and O–H groups in total. The summed E-state index contributed by atoms with van der Waals surface area (Å²) in [5.41, 5.74) is 13.0. The van der Waals surface area contributed by atoms with Crippen LogP contribution in [0.15, 0.2) is 218 Å². The first-order chi connectivity index (χ1) is 32.0. The number of fused-ring (bicyclic) bond motifs is 6. The van der Waals surface area contributed by atoms with Crippen molar-refractivity contribution in [3.8, 4) is 33.8 Å². The smallest absolute Gasteiger partial charge is 0.147 e. The molecule has 1 atom stereocenters. The van der Waals surface area contributed by atoms with Gasteiger partial charge in [0, 0.05) is 39.3 Å². The fraction of sp³-hybridized carbons (Fsp3) is 0.0492. The summed E-state index contributed by atoms with van der Waals surface area (Å²) >= 11 is 0. The van der Waals surface area contributed by atoms with E-state index in [1.165, 1.54) is 44.3 Å². The van der Waals surface area contributed by atoms with Gasteiger partial charge in [0.15, 0.2) is 0 Å². The summed E-state index contributed by atoms with van der Waals surface area (Å²) in [6.45, 7) is 4.32. The first kappa shape index (κ1) is 38.5. The molecule has 0 aromatic heterocycles. The summed E-state index contributed by atoms with van der Waals surface area (Å²) in [4.78, 5) is 4.52. The van der Waals surface area contributed by atoms with Gasteiger partial charge in [-0.2, -0.15) is 0 Å². The summed E-state index contributed by atoms with van der Waals surface area (Å²) < 4.78 is 23.5. The number of nitrogens with zero attached hydrogens (tertiary/aromatic N) is 2. The predicted molar refractivity (Wildman–Crippen MR) is 270 cm³/mol. The maximum Gasteiger partial charge on any atom is 0.147 e. The normalized spacial score (nSPS) is 13.8. The van der Waals surface area contributed by atoms with Crippen LogP contribution in [0.5, 0.6) is 11.5 Å². The fourth-order valence-electron chi connectivity index (χ4n) is 10.2. The molecule has 10 aromatic rings. The van der Waals surface area contributed by atoms with Crippen molar-refractivity contribution >= 4 is 66.3 Å². The van der Waals surface area contributed by atoms with E-state index in [-0.39, 0.29) is 11.9 Å². The quantitative estimate of drug-likeness (QED) is 0.142. The Hall–Kier alpha value is -8.21. The zero-order valence-corrected chi connectivity index (χ0v) is 36.0. The number of hydrogen-bond donors (Lipinski definition) is 0. The zero-order chi connectivity index (χ0) is 43.6. The van der Waals surface area contributed by atoms with Gasteiger partial charge in [0.1, 0.15) is 17.3 Å². The lowest BCUT2D eigenvalue weighted by molar-refractivity contribution is 0.487. The highest BCUT2D eigenvalue weighted by molar-refractivity contribution is 6.26. The average molecular weight is 839 g/mol. The molecular formula is C61H43FN2O. The van der Waals surface area contributed by atoms with E-state index < -0.39 is 0 Å². The minimum absolute atomic E-state index is 0.0311. The summed E-state index contributed by atoms with van der Waals surface area (Å²) in [5.74, 6) is 1.22. The van der Waals surface area contributed by atoms with Gasteiger partial charge < -0.3 is 14.5 Å². The van der Waals surface area contributed by atoms with Crippen molar-refractivity contribution in [3.05, 3.63) is 241 Å². The van der Waals surface area contributed by atoms with Crippen molar-refractivity contribution in [1.82, 2.24) is 0 Å². The second-order valence-electron chi connectivity index (χ2n) is 17.1. The van der Waals surface area contributed by atoms with Gasteiger partial charge in [-0.1, -0.05) is 157 Å². The Morgan fingerprint density at radius 2 is 1.12 bits per heavy atom. The lowest BCUT2D eigenvalue weighted by atomic mass is 9.87. The van der Waals surface area contributed by atoms with E-state index in [4.69, 9.17) is 4.74 Å². The van der Waals surface area contributed by atoms with E-state index >= 15 is 4.39 Å². The maximum atomic E-state index is 16.5. The Bertz CT molecular complexity index is 3550. The molecule has 0 saturated carbocycles. The topological polar surface area (TPSA) is 15.7 Å². The van der Waals surface area contributed by atoms with Crippen LogP contribution in [-0.2, 0) is 0 Å². The molecule has 3 nitrogen and oxygen atoms in total. The van der Waals surface area contributed by atoms with Gasteiger partial charge in [-0.05, 0) is 124 Å². The lowest BCUT2D eigenvalue weighted by Crippen LogP contribution is -2.29. The minimum Gasteiger partial charge on any atom is -0.456 e. The second kappa shape index (κ2) is 15.5. The molecule has 0 bridgehead atoms. The number of halogens is 1. The summed E-state index contributed by atoms with van der Waals surface area (Å²) in [5, 5.41) is 6.95. The van der Waals surface area contributed by atoms with Crippen LogP contribution in [-0.4, -0.2) is 6.04 Å². The van der Waals surface area contributed by atoms with Gasteiger partial charge in [0.2, 0.25) is 0 Å². The number of aryl methyl sites for hydroxylation is 2. The van der Waals surface area contributed by atoms with Crippen molar-refractivity contribution in [3.63, 3.8) is 0 Å². The van der Waals surface area contributed by atoms with Crippen LogP contribution in [0.1, 0.15) is 16.7 Å². The van der Waals surface area contributed by atoms with Gasteiger partial charge in [-0.3, -0.25) is 0 Å². The molecule has 310 valence electrons. The molecule has 1 heterocycles. The Morgan fingerprint density at radius 1 is 0.462 bits per heavy atom. The summed E-state index contributed by atoms with van der Waals surface area (Å²) in [6, 6.07) is 69.2. The van der Waals surface area contributed by atoms with E-state index in [0.29, 0.717) is 5.69 Å². The lowest BCUT2D eigenvalue weighted by Gasteiger charge is -2.34. The van der Waals surface area contributed by atoms with Crippen molar-refractivity contribution in [2.45, 2.75) is 19.9 Å². The summed E-state index contributed by atoms with van der Waals surface area (Å²) in [7, 11) is 0. The van der Waals surface area contributed by atoms with Crippen LogP contribution < -0.4 is 14.5 Å². The molecule has 12 rings (SSSR count). The minimum atomic E-state index is -0.310. The molecule has 2 aliphatic rings. The van der Waals surface area contributed by atoms with Crippen LogP contribution in [0.25, 0.3) is 60.1 Å². The van der Waals surface area contributed by atoms with E-state index in [0.717, 1.165) is 72.8 Å². The number of ether oxygens (including phenoxy) is 1. The van der Waals surface area contributed by atoms with Crippen LogP contribution >= 0.6 is 0 Å². The van der Waals surface area contributed by atoms with Crippen LogP contribution in [0, 0.1) is 19.7 Å². The van der Waals surface area contributed by atoms with Crippen LogP contribution in [0.4, 0.5) is 32.8 Å². The van der Waals surface area contributed by atoms with Crippen molar-refractivity contribution < 1.29 is 9.13 Å². The Balaban J connectivity index is 1.08. The number of rotatable bonds is 8. The number of para-hydroxylation sites is 3. The highest BCUT2D eigenvalue weighted by Gasteiger charge is 2.30. The molecule has 0 saturated heterocycles. The number of allylic oxidation sites excluding steroid dienone is 2. The van der Waals surface area contributed by atoms with E-state index in [1.807, 2.05) is 71.6 Å². The van der Waals surface area contributed by atoms with Gasteiger partial charge >= 0.3 is 0 Å². The third-order valence-corrected chi connectivity index (χ3v) is 13.0. The molecule has 0 fully saturated rings. The maximum absolute atomic E-state index is 16.5. The van der Waals surface area contributed by atoms with Crippen molar-refractivity contribution in [1.29, 1.82) is 0 Å². The van der Waals surface area contributed by atoms with Gasteiger partial charge in [-0.15, -0.1) is 0 Å². The Kier molecular flexibility index (Phi) is 9.20. The Labute approximate surface area is 378 Å². The molecule has 65 heavy (non-hydrogen) atoms. The number of anilines is 5. The van der Waals surface area contributed by atoms with E-state index in [9.17, 15) is 0 Å². The predicted octanol–water partition coefficient (Wildman–Crippen LogP) is 17.0. The van der Waals surface area contributed by atoms with Crippen molar-refractivity contribution in [2.75, 3.05) is 9.80 Å².